The van der Waals surface area contributed by atoms with Gasteiger partial charge in [-0.25, -0.2) is 0 Å². The second kappa shape index (κ2) is 7.77. The Bertz CT molecular complexity index is 517. The lowest BCUT2D eigenvalue weighted by Crippen LogP contribution is -2.46. The minimum atomic E-state index is -0.0573. The molecule has 1 fully saturated rings. The Labute approximate surface area is 125 Å². The van der Waals surface area contributed by atoms with Crippen molar-refractivity contribution < 1.29 is 4.79 Å². The second-order valence-electron chi connectivity index (χ2n) is 5.25. The Morgan fingerprint density at radius 1 is 1.43 bits per heavy atom. The van der Waals surface area contributed by atoms with Gasteiger partial charge >= 0.3 is 0 Å². The summed E-state index contributed by atoms with van der Waals surface area (Å²) in [6.45, 7) is 5.34. The Hall–Kier alpha value is -1.90. The summed E-state index contributed by atoms with van der Waals surface area (Å²) in [5.41, 5.74) is 1.09. The van der Waals surface area contributed by atoms with Crippen molar-refractivity contribution in [3.63, 3.8) is 0 Å². The van der Waals surface area contributed by atoms with Gasteiger partial charge in [-0.1, -0.05) is 19.1 Å². The van der Waals surface area contributed by atoms with Crippen molar-refractivity contribution in [3.8, 4) is 6.07 Å². The lowest BCUT2D eigenvalue weighted by molar-refractivity contribution is -0.118. The summed E-state index contributed by atoms with van der Waals surface area (Å²) < 4.78 is 0. The van der Waals surface area contributed by atoms with E-state index in [1.54, 1.807) is 18.2 Å². The number of anilines is 1. The van der Waals surface area contributed by atoms with Gasteiger partial charge < -0.3 is 10.6 Å². The molecule has 1 aromatic rings. The molecule has 5 heteroatoms. The van der Waals surface area contributed by atoms with E-state index in [2.05, 4.69) is 28.5 Å². The fourth-order valence-electron chi connectivity index (χ4n) is 2.73. The van der Waals surface area contributed by atoms with Gasteiger partial charge in [-0.05, 0) is 44.6 Å². The van der Waals surface area contributed by atoms with Crippen LogP contribution in [-0.4, -0.2) is 43.0 Å². The van der Waals surface area contributed by atoms with Gasteiger partial charge in [0.1, 0.15) is 6.07 Å². The van der Waals surface area contributed by atoms with Crippen LogP contribution >= 0.6 is 0 Å². The van der Waals surface area contributed by atoms with Crippen LogP contribution in [0.1, 0.15) is 25.3 Å². The Morgan fingerprint density at radius 3 is 2.81 bits per heavy atom. The predicted octanol–water partition coefficient (Wildman–Crippen LogP) is 1.57. The summed E-state index contributed by atoms with van der Waals surface area (Å²) in [5.74, 6) is -0.0573. The number of nitriles is 1. The van der Waals surface area contributed by atoms with Crippen LogP contribution in [-0.2, 0) is 4.79 Å². The summed E-state index contributed by atoms with van der Waals surface area (Å²) in [4.78, 5) is 14.4. The van der Waals surface area contributed by atoms with E-state index in [-0.39, 0.29) is 5.91 Å². The molecular formula is C16H22N4O. The quantitative estimate of drug-likeness (QED) is 0.862. The Balaban J connectivity index is 1.95. The summed E-state index contributed by atoms with van der Waals surface area (Å²) in [6.07, 6.45) is 2.16. The zero-order chi connectivity index (χ0) is 15.1. The van der Waals surface area contributed by atoms with E-state index in [1.807, 2.05) is 6.07 Å². The molecule has 21 heavy (non-hydrogen) atoms. The molecule has 0 saturated carbocycles. The third-order valence-electron chi connectivity index (χ3n) is 3.90. The van der Waals surface area contributed by atoms with Crippen LogP contribution in [0.15, 0.2) is 24.3 Å². The minimum absolute atomic E-state index is 0.0573. The van der Waals surface area contributed by atoms with Crippen LogP contribution in [0.3, 0.4) is 0 Å². The van der Waals surface area contributed by atoms with Crippen molar-refractivity contribution >= 4 is 11.6 Å². The molecule has 0 spiro atoms. The number of rotatable bonds is 5. The van der Waals surface area contributed by atoms with Gasteiger partial charge in [0.25, 0.3) is 0 Å². The lowest BCUT2D eigenvalue weighted by Gasteiger charge is -2.33. The molecule has 0 aromatic heterocycles. The van der Waals surface area contributed by atoms with Crippen molar-refractivity contribution in [1.29, 1.82) is 5.26 Å². The van der Waals surface area contributed by atoms with Gasteiger partial charge in [-0.3, -0.25) is 9.69 Å². The van der Waals surface area contributed by atoms with Gasteiger partial charge in [0.15, 0.2) is 0 Å². The molecule has 5 nitrogen and oxygen atoms in total. The number of nitrogens with zero attached hydrogens (tertiary/aromatic N) is 2. The van der Waals surface area contributed by atoms with E-state index < -0.39 is 0 Å². The van der Waals surface area contributed by atoms with E-state index in [0.717, 1.165) is 32.5 Å². The molecule has 1 saturated heterocycles. The van der Waals surface area contributed by atoms with Crippen LogP contribution in [0, 0.1) is 11.3 Å². The minimum Gasteiger partial charge on any atom is -0.324 e. The number of nitrogens with one attached hydrogen (secondary N) is 2. The average molecular weight is 286 g/mol. The van der Waals surface area contributed by atoms with Gasteiger partial charge in [0, 0.05) is 6.04 Å². The molecule has 112 valence electrons. The van der Waals surface area contributed by atoms with Gasteiger partial charge in [0.2, 0.25) is 5.91 Å². The number of carbonyl (C=O) groups excluding carboxylic acids is 1. The first-order chi connectivity index (χ1) is 10.2. The largest absolute Gasteiger partial charge is 0.324 e. The highest BCUT2D eigenvalue weighted by Gasteiger charge is 2.21. The number of hydrogen-bond donors (Lipinski definition) is 2. The van der Waals surface area contributed by atoms with Crippen molar-refractivity contribution in [2.75, 3.05) is 31.5 Å². The zero-order valence-corrected chi connectivity index (χ0v) is 12.4. The number of hydrogen-bond acceptors (Lipinski definition) is 4. The molecule has 1 aliphatic heterocycles. The highest BCUT2D eigenvalue weighted by Crippen LogP contribution is 2.15. The molecule has 2 N–H and O–H groups in total. The second-order valence-corrected chi connectivity index (χ2v) is 5.25. The van der Waals surface area contributed by atoms with E-state index in [9.17, 15) is 4.79 Å². The van der Waals surface area contributed by atoms with Crippen LogP contribution in [0.5, 0.6) is 0 Å². The number of piperidine rings is 1. The molecule has 0 bridgehead atoms. The first-order valence-corrected chi connectivity index (χ1v) is 7.48. The number of amides is 1. The number of likely N-dealkylation sites (N-methyl/N-ethyl adjacent to an activating group) is 1. The molecule has 2 rings (SSSR count). The molecular weight excluding hydrogens is 264 g/mol. The predicted molar refractivity (Wildman–Crippen MR) is 82.9 cm³/mol. The number of carbonyl (C=O) groups is 1. The van der Waals surface area contributed by atoms with Crippen LogP contribution in [0.2, 0.25) is 0 Å². The third-order valence-corrected chi connectivity index (χ3v) is 3.90. The molecule has 0 atom stereocenters. The topological polar surface area (TPSA) is 68.2 Å². The molecule has 0 unspecified atom stereocenters. The van der Waals surface area contributed by atoms with E-state index in [4.69, 9.17) is 5.26 Å². The molecule has 0 aliphatic carbocycles. The Kier molecular flexibility index (Phi) is 5.73. The summed E-state index contributed by atoms with van der Waals surface area (Å²) in [5, 5.41) is 15.2. The summed E-state index contributed by atoms with van der Waals surface area (Å²) in [7, 11) is 0. The van der Waals surface area contributed by atoms with Gasteiger partial charge in [-0.15, -0.1) is 0 Å². The van der Waals surface area contributed by atoms with E-state index >= 15 is 0 Å². The zero-order valence-electron chi connectivity index (χ0n) is 12.4. The normalized spacial score (nSPS) is 15.7. The summed E-state index contributed by atoms with van der Waals surface area (Å²) >= 11 is 0. The summed E-state index contributed by atoms with van der Waals surface area (Å²) in [6, 6.07) is 9.64. The van der Waals surface area contributed by atoms with Gasteiger partial charge in [-0.2, -0.15) is 5.26 Å². The third kappa shape index (κ3) is 4.28. The lowest BCUT2D eigenvalue weighted by atomic mass is 10.0. The molecule has 1 heterocycles. The maximum absolute atomic E-state index is 12.2. The highest BCUT2D eigenvalue weighted by molar-refractivity contribution is 5.93. The van der Waals surface area contributed by atoms with Crippen LogP contribution in [0.4, 0.5) is 5.69 Å². The van der Waals surface area contributed by atoms with E-state index in [0.29, 0.717) is 23.8 Å². The monoisotopic (exact) mass is 286 g/mol. The molecule has 1 aliphatic rings. The standard InChI is InChI=1S/C16H22N4O/c1-2-20(14-7-9-18-10-8-14)12-16(21)19-15-6-4-3-5-13(15)11-17/h3-6,14,18H,2,7-10,12H2,1H3,(H,19,21). The molecule has 1 amide bonds. The maximum Gasteiger partial charge on any atom is 0.238 e. The van der Waals surface area contributed by atoms with Crippen LogP contribution < -0.4 is 10.6 Å². The van der Waals surface area contributed by atoms with Crippen LogP contribution in [0.25, 0.3) is 0 Å². The number of benzene rings is 1. The maximum atomic E-state index is 12.2. The fourth-order valence-corrected chi connectivity index (χ4v) is 2.73. The molecule has 0 radical (unpaired) electrons. The molecule has 1 aromatic carbocycles. The first kappa shape index (κ1) is 15.5. The van der Waals surface area contributed by atoms with Crippen molar-refractivity contribution in [1.82, 2.24) is 10.2 Å². The average Bonchev–Trinajstić information content (AvgIpc) is 2.54. The van der Waals surface area contributed by atoms with Crippen molar-refractivity contribution in [3.05, 3.63) is 29.8 Å². The highest BCUT2D eigenvalue weighted by atomic mass is 16.2. The first-order valence-electron chi connectivity index (χ1n) is 7.48. The van der Waals surface area contributed by atoms with Gasteiger partial charge in [0.05, 0.1) is 17.8 Å². The fraction of sp³-hybridized carbons (Fsp3) is 0.500. The number of para-hydroxylation sites is 1. The van der Waals surface area contributed by atoms with Crippen molar-refractivity contribution in [2.45, 2.75) is 25.8 Å². The SMILES string of the molecule is CCN(CC(=O)Nc1ccccc1C#N)C1CCNCC1. The van der Waals surface area contributed by atoms with E-state index in [1.165, 1.54) is 0 Å². The Morgan fingerprint density at radius 2 is 2.14 bits per heavy atom. The van der Waals surface area contributed by atoms with Crippen molar-refractivity contribution in [2.24, 2.45) is 0 Å². The smallest absolute Gasteiger partial charge is 0.238 e.